The van der Waals surface area contributed by atoms with Gasteiger partial charge in [-0.25, -0.2) is 0 Å². The highest BCUT2D eigenvalue weighted by molar-refractivity contribution is 6.07. The Labute approximate surface area is 140 Å². The third-order valence-electron chi connectivity index (χ3n) is 3.20. The summed E-state index contributed by atoms with van der Waals surface area (Å²) < 4.78 is 10.7. The second-order valence-electron chi connectivity index (χ2n) is 4.98. The fourth-order valence-corrected chi connectivity index (χ4v) is 2.21. The fourth-order valence-electron chi connectivity index (χ4n) is 2.21. The van der Waals surface area contributed by atoms with Crippen LogP contribution < -0.4 is 20.1 Å². The molecule has 2 N–H and O–H groups in total. The molecule has 0 spiro atoms. The van der Waals surface area contributed by atoms with E-state index in [4.69, 9.17) is 9.47 Å². The molecule has 0 atom stereocenters. The van der Waals surface area contributed by atoms with E-state index >= 15 is 0 Å². The number of benzene rings is 2. The summed E-state index contributed by atoms with van der Waals surface area (Å²) in [6.45, 7) is 3.77. The van der Waals surface area contributed by atoms with Crippen LogP contribution in [0.15, 0.2) is 42.5 Å². The summed E-state index contributed by atoms with van der Waals surface area (Å²) in [6.07, 6.45) is 0. The predicted molar refractivity (Wildman–Crippen MR) is 92.9 cm³/mol. The van der Waals surface area contributed by atoms with Crippen molar-refractivity contribution in [2.24, 2.45) is 0 Å². The molecule has 0 aliphatic heterocycles. The van der Waals surface area contributed by atoms with Gasteiger partial charge < -0.3 is 20.1 Å². The molecule has 0 saturated heterocycles. The van der Waals surface area contributed by atoms with Gasteiger partial charge in [-0.3, -0.25) is 9.59 Å². The molecule has 0 aromatic heterocycles. The van der Waals surface area contributed by atoms with Crippen LogP contribution in [0.3, 0.4) is 0 Å². The molecular weight excluding hydrogens is 308 g/mol. The highest BCUT2D eigenvalue weighted by atomic mass is 16.5. The van der Waals surface area contributed by atoms with Crippen molar-refractivity contribution in [2.45, 2.75) is 13.8 Å². The Kier molecular flexibility index (Phi) is 5.78. The van der Waals surface area contributed by atoms with Gasteiger partial charge in [-0.1, -0.05) is 12.1 Å². The third-order valence-corrected chi connectivity index (χ3v) is 3.20. The van der Waals surface area contributed by atoms with Crippen molar-refractivity contribution < 1.29 is 19.1 Å². The minimum Gasteiger partial charge on any atom is -0.496 e. The van der Waals surface area contributed by atoms with Crippen molar-refractivity contribution >= 4 is 23.2 Å². The zero-order valence-corrected chi connectivity index (χ0v) is 13.9. The van der Waals surface area contributed by atoms with E-state index in [9.17, 15) is 9.59 Å². The maximum atomic E-state index is 12.6. The minimum atomic E-state index is -0.355. The van der Waals surface area contributed by atoms with Crippen LogP contribution in [-0.4, -0.2) is 25.5 Å². The second kappa shape index (κ2) is 8.01. The number of nitrogens with one attached hydrogen (secondary N) is 2. The van der Waals surface area contributed by atoms with Crippen molar-refractivity contribution in [3.05, 3.63) is 48.0 Å². The quantitative estimate of drug-likeness (QED) is 0.853. The Balaban J connectivity index is 2.30. The molecule has 0 heterocycles. The number of hydrogen-bond acceptors (Lipinski definition) is 4. The van der Waals surface area contributed by atoms with Crippen LogP contribution in [0.25, 0.3) is 0 Å². The lowest BCUT2D eigenvalue weighted by Crippen LogP contribution is -2.15. The Morgan fingerprint density at radius 3 is 2.46 bits per heavy atom. The Morgan fingerprint density at radius 2 is 1.79 bits per heavy atom. The molecule has 0 unspecified atom stereocenters. The van der Waals surface area contributed by atoms with Crippen molar-refractivity contribution in [2.75, 3.05) is 24.4 Å². The summed E-state index contributed by atoms with van der Waals surface area (Å²) in [6, 6.07) is 12.1. The highest BCUT2D eigenvalue weighted by Gasteiger charge is 2.15. The predicted octanol–water partition coefficient (Wildman–Crippen LogP) is 3.30. The van der Waals surface area contributed by atoms with Crippen LogP contribution >= 0.6 is 0 Å². The molecule has 24 heavy (non-hydrogen) atoms. The van der Waals surface area contributed by atoms with Gasteiger partial charge in [0.05, 0.1) is 25.0 Å². The SMILES string of the molecule is CCOc1ccccc1NC(=O)c1cc(NC(C)=O)ccc1OC. The lowest BCUT2D eigenvalue weighted by atomic mass is 10.1. The lowest BCUT2D eigenvalue weighted by molar-refractivity contribution is -0.114. The van der Waals surface area contributed by atoms with Gasteiger partial charge in [-0.2, -0.15) is 0 Å². The van der Waals surface area contributed by atoms with Gasteiger partial charge in [0.25, 0.3) is 5.91 Å². The maximum absolute atomic E-state index is 12.6. The molecule has 0 fully saturated rings. The summed E-state index contributed by atoms with van der Waals surface area (Å²) in [5.41, 5.74) is 1.40. The number of methoxy groups -OCH3 is 1. The molecule has 0 aliphatic carbocycles. The van der Waals surface area contributed by atoms with Crippen LogP contribution in [0.1, 0.15) is 24.2 Å². The highest BCUT2D eigenvalue weighted by Crippen LogP contribution is 2.27. The first kappa shape index (κ1) is 17.3. The first-order chi connectivity index (χ1) is 11.5. The minimum absolute atomic E-state index is 0.215. The average Bonchev–Trinajstić information content (AvgIpc) is 2.56. The summed E-state index contributed by atoms with van der Waals surface area (Å²) in [5, 5.41) is 5.46. The van der Waals surface area contributed by atoms with E-state index in [1.807, 2.05) is 19.1 Å². The van der Waals surface area contributed by atoms with E-state index < -0.39 is 0 Å². The zero-order chi connectivity index (χ0) is 17.5. The van der Waals surface area contributed by atoms with Gasteiger partial charge in [-0.05, 0) is 37.3 Å². The number of ether oxygens (including phenoxy) is 2. The fraction of sp³-hybridized carbons (Fsp3) is 0.222. The summed E-state index contributed by atoms with van der Waals surface area (Å²) in [5.74, 6) is 0.431. The number of carbonyl (C=O) groups is 2. The normalized spacial score (nSPS) is 9.96. The zero-order valence-electron chi connectivity index (χ0n) is 13.9. The molecule has 0 radical (unpaired) electrons. The molecule has 6 heteroatoms. The van der Waals surface area contributed by atoms with E-state index in [1.165, 1.54) is 14.0 Å². The number of carbonyl (C=O) groups excluding carboxylic acids is 2. The molecule has 6 nitrogen and oxygen atoms in total. The molecule has 2 aromatic carbocycles. The number of para-hydroxylation sites is 2. The van der Waals surface area contributed by atoms with E-state index in [1.54, 1.807) is 30.3 Å². The summed E-state index contributed by atoms with van der Waals surface area (Å²) in [7, 11) is 1.48. The monoisotopic (exact) mass is 328 g/mol. The molecule has 0 aliphatic rings. The van der Waals surface area contributed by atoms with E-state index in [2.05, 4.69) is 10.6 Å². The van der Waals surface area contributed by atoms with Gasteiger partial charge >= 0.3 is 0 Å². The topological polar surface area (TPSA) is 76.7 Å². The van der Waals surface area contributed by atoms with Gasteiger partial charge in [-0.15, -0.1) is 0 Å². The standard InChI is InChI=1S/C18H20N2O4/c1-4-24-17-8-6-5-7-15(17)20-18(22)14-11-13(19-12(2)21)9-10-16(14)23-3/h5-11H,4H2,1-3H3,(H,19,21)(H,20,22). The van der Waals surface area contributed by atoms with E-state index in [-0.39, 0.29) is 11.8 Å². The molecule has 2 amide bonds. The van der Waals surface area contributed by atoms with Crippen LogP contribution in [-0.2, 0) is 4.79 Å². The molecule has 2 aromatic rings. The lowest BCUT2D eigenvalue weighted by Gasteiger charge is -2.14. The Bertz CT molecular complexity index is 744. The van der Waals surface area contributed by atoms with Gasteiger partial charge in [0, 0.05) is 12.6 Å². The first-order valence-electron chi connectivity index (χ1n) is 7.54. The smallest absolute Gasteiger partial charge is 0.259 e. The van der Waals surface area contributed by atoms with Crippen LogP contribution in [0, 0.1) is 0 Å². The average molecular weight is 328 g/mol. The number of rotatable bonds is 6. The third kappa shape index (κ3) is 4.25. The van der Waals surface area contributed by atoms with Gasteiger partial charge in [0.1, 0.15) is 11.5 Å². The number of hydrogen-bond donors (Lipinski definition) is 2. The van der Waals surface area contributed by atoms with E-state index in [0.717, 1.165) is 0 Å². The van der Waals surface area contributed by atoms with Crippen LogP contribution in [0.2, 0.25) is 0 Å². The van der Waals surface area contributed by atoms with Crippen LogP contribution in [0.4, 0.5) is 11.4 Å². The molecule has 0 saturated carbocycles. The molecule has 0 bridgehead atoms. The molecule has 126 valence electrons. The van der Waals surface area contributed by atoms with E-state index in [0.29, 0.717) is 35.0 Å². The summed E-state index contributed by atoms with van der Waals surface area (Å²) in [4.78, 5) is 23.8. The second-order valence-corrected chi connectivity index (χ2v) is 4.98. The number of anilines is 2. The number of amides is 2. The maximum Gasteiger partial charge on any atom is 0.259 e. The van der Waals surface area contributed by atoms with Gasteiger partial charge in [0.2, 0.25) is 5.91 Å². The Hall–Kier alpha value is -3.02. The van der Waals surface area contributed by atoms with Crippen molar-refractivity contribution in [1.82, 2.24) is 0 Å². The molecule has 2 rings (SSSR count). The Morgan fingerprint density at radius 1 is 1.04 bits per heavy atom. The first-order valence-corrected chi connectivity index (χ1v) is 7.54. The largest absolute Gasteiger partial charge is 0.496 e. The molecular formula is C18H20N2O4. The van der Waals surface area contributed by atoms with Crippen molar-refractivity contribution in [3.63, 3.8) is 0 Å². The van der Waals surface area contributed by atoms with Crippen molar-refractivity contribution in [3.8, 4) is 11.5 Å². The van der Waals surface area contributed by atoms with Crippen molar-refractivity contribution in [1.29, 1.82) is 0 Å². The van der Waals surface area contributed by atoms with Crippen LogP contribution in [0.5, 0.6) is 11.5 Å². The van der Waals surface area contributed by atoms with Gasteiger partial charge in [0.15, 0.2) is 0 Å². The summed E-state index contributed by atoms with van der Waals surface area (Å²) >= 11 is 0.